The normalized spacial score (nSPS) is 23.3. The zero-order chi connectivity index (χ0) is 25.6. The van der Waals surface area contributed by atoms with Gasteiger partial charge in [0.15, 0.2) is 5.76 Å². The zero-order valence-corrected chi connectivity index (χ0v) is 21.6. The van der Waals surface area contributed by atoms with E-state index >= 15 is 0 Å². The summed E-state index contributed by atoms with van der Waals surface area (Å²) in [7, 11) is 0. The average molecular weight is 508 g/mol. The molecule has 9 heteroatoms. The molecule has 0 spiro atoms. The van der Waals surface area contributed by atoms with Crippen LogP contribution in [0.3, 0.4) is 0 Å². The number of aliphatic hydroxyl groups is 1. The Hall–Kier alpha value is -2.01. The fraction of sp³-hybridized carbons (Fsp3) is 0.667. The Bertz CT molecular complexity index is 781. The van der Waals surface area contributed by atoms with Gasteiger partial charge in [-0.1, -0.05) is 38.1 Å². The standard InChI is InChI=1S/C27H41NO8/c1-21(2)24-17-25(36-26(18-24)35-20-23-5-3-22(19-29)4-6-23)27(30)28-7-9-31-11-13-33-15-16-34-14-12-32-10-8-28/h3-6,17,21,24,26,29H,7-16,18-20H2,1-2H3/t24-,26+/m0/s1. The van der Waals surface area contributed by atoms with Crippen molar-refractivity contribution in [3.8, 4) is 0 Å². The van der Waals surface area contributed by atoms with Gasteiger partial charge in [0, 0.05) is 19.5 Å². The van der Waals surface area contributed by atoms with Crippen LogP contribution in [0.5, 0.6) is 0 Å². The van der Waals surface area contributed by atoms with E-state index in [2.05, 4.69) is 13.8 Å². The predicted octanol–water partition coefficient (Wildman–Crippen LogP) is 2.51. The summed E-state index contributed by atoms with van der Waals surface area (Å²) in [5, 5.41) is 9.24. The molecule has 1 saturated heterocycles. The molecule has 1 fully saturated rings. The molecular formula is C27H41NO8. The van der Waals surface area contributed by atoms with E-state index in [1.165, 1.54) is 0 Å². The highest BCUT2D eigenvalue weighted by Crippen LogP contribution is 2.30. The van der Waals surface area contributed by atoms with Gasteiger partial charge in [0.05, 0.1) is 66.1 Å². The van der Waals surface area contributed by atoms with Gasteiger partial charge in [-0.05, 0) is 29.0 Å². The van der Waals surface area contributed by atoms with Crippen molar-refractivity contribution in [1.29, 1.82) is 0 Å². The first kappa shape index (κ1) is 28.6. The van der Waals surface area contributed by atoms with Crippen molar-refractivity contribution in [3.05, 3.63) is 47.2 Å². The molecule has 2 aliphatic rings. The maximum atomic E-state index is 13.5. The minimum atomic E-state index is -0.524. The van der Waals surface area contributed by atoms with E-state index in [0.29, 0.717) is 90.6 Å². The molecule has 2 heterocycles. The van der Waals surface area contributed by atoms with Crippen LogP contribution in [0.2, 0.25) is 0 Å². The molecule has 0 unspecified atom stereocenters. The number of aliphatic hydroxyl groups excluding tert-OH is 1. The van der Waals surface area contributed by atoms with Gasteiger partial charge in [0.1, 0.15) is 0 Å². The van der Waals surface area contributed by atoms with Gasteiger partial charge in [-0.15, -0.1) is 0 Å². The van der Waals surface area contributed by atoms with Crippen LogP contribution in [0, 0.1) is 11.8 Å². The van der Waals surface area contributed by atoms with E-state index in [9.17, 15) is 9.90 Å². The fourth-order valence-corrected chi connectivity index (χ4v) is 3.91. The molecule has 1 N–H and O–H groups in total. The van der Waals surface area contributed by atoms with Crippen molar-refractivity contribution in [3.63, 3.8) is 0 Å². The molecule has 0 saturated carbocycles. The van der Waals surface area contributed by atoms with Gasteiger partial charge in [0.25, 0.3) is 5.91 Å². The summed E-state index contributed by atoms with van der Waals surface area (Å²) >= 11 is 0. The van der Waals surface area contributed by atoms with E-state index in [1.807, 2.05) is 30.3 Å². The molecule has 1 aromatic rings. The Morgan fingerprint density at radius 3 is 1.97 bits per heavy atom. The van der Waals surface area contributed by atoms with Gasteiger partial charge in [-0.3, -0.25) is 4.79 Å². The second-order valence-corrected chi connectivity index (χ2v) is 9.25. The summed E-state index contributed by atoms with van der Waals surface area (Å²) in [6, 6.07) is 7.60. The largest absolute Gasteiger partial charge is 0.459 e. The summed E-state index contributed by atoms with van der Waals surface area (Å²) in [6.45, 7) is 9.22. The monoisotopic (exact) mass is 507 g/mol. The highest BCUT2D eigenvalue weighted by Gasteiger charge is 2.31. The first-order valence-corrected chi connectivity index (χ1v) is 12.9. The van der Waals surface area contributed by atoms with Crippen LogP contribution in [-0.4, -0.2) is 88.1 Å². The lowest BCUT2D eigenvalue weighted by Crippen LogP contribution is -2.40. The molecule has 0 bridgehead atoms. The van der Waals surface area contributed by atoms with Crippen LogP contribution in [0.25, 0.3) is 0 Å². The van der Waals surface area contributed by atoms with E-state index in [0.717, 1.165) is 11.1 Å². The number of benzene rings is 1. The Morgan fingerprint density at radius 1 is 0.917 bits per heavy atom. The van der Waals surface area contributed by atoms with Gasteiger partial charge >= 0.3 is 0 Å². The Balaban J connectivity index is 1.61. The minimum absolute atomic E-state index is 0.00729. The molecule has 1 aromatic carbocycles. The highest BCUT2D eigenvalue weighted by atomic mass is 16.7. The second-order valence-electron chi connectivity index (χ2n) is 9.25. The number of hydrogen-bond acceptors (Lipinski definition) is 8. The summed E-state index contributed by atoms with van der Waals surface area (Å²) in [6.07, 6.45) is 2.08. The van der Waals surface area contributed by atoms with Crippen molar-refractivity contribution in [2.75, 3.05) is 65.9 Å². The number of allylic oxidation sites excluding steroid dienone is 1. The second kappa shape index (κ2) is 16.0. The number of nitrogens with zero attached hydrogens (tertiary/aromatic N) is 1. The smallest absolute Gasteiger partial charge is 0.288 e. The zero-order valence-electron chi connectivity index (χ0n) is 21.6. The average Bonchev–Trinajstić information content (AvgIpc) is 2.91. The molecule has 36 heavy (non-hydrogen) atoms. The highest BCUT2D eigenvalue weighted by molar-refractivity contribution is 5.91. The first-order chi connectivity index (χ1) is 17.6. The summed E-state index contributed by atoms with van der Waals surface area (Å²) < 4.78 is 34.4. The van der Waals surface area contributed by atoms with Crippen molar-refractivity contribution in [2.45, 2.75) is 39.8 Å². The molecule has 0 aromatic heterocycles. The molecule has 2 atom stereocenters. The number of carbonyl (C=O) groups is 1. The van der Waals surface area contributed by atoms with Crippen LogP contribution in [0.1, 0.15) is 31.4 Å². The minimum Gasteiger partial charge on any atom is -0.459 e. The summed E-state index contributed by atoms with van der Waals surface area (Å²) in [5.74, 6) is 0.612. The van der Waals surface area contributed by atoms with Crippen LogP contribution in [-0.2, 0) is 46.4 Å². The molecule has 0 radical (unpaired) electrons. The van der Waals surface area contributed by atoms with Gasteiger partial charge in [-0.2, -0.15) is 0 Å². The lowest BCUT2D eigenvalue weighted by molar-refractivity contribution is -0.160. The van der Waals surface area contributed by atoms with E-state index in [4.69, 9.17) is 28.4 Å². The van der Waals surface area contributed by atoms with Crippen LogP contribution >= 0.6 is 0 Å². The Morgan fingerprint density at radius 2 is 1.44 bits per heavy atom. The van der Waals surface area contributed by atoms with Gasteiger partial charge in [0.2, 0.25) is 6.29 Å². The van der Waals surface area contributed by atoms with Crippen LogP contribution < -0.4 is 0 Å². The molecule has 0 aliphatic carbocycles. The number of hydrogen-bond donors (Lipinski definition) is 1. The molecule has 2 aliphatic heterocycles. The summed E-state index contributed by atoms with van der Waals surface area (Å²) in [4.78, 5) is 15.2. The van der Waals surface area contributed by atoms with Crippen molar-refractivity contribution in [1.82, 2.24) is 4.90 Å². The van der Waals surface area contributed by atoms with Crippen molar-refractivity contribution < 1.29 is 38.3 Å². The van der Waals surface area contributed by atoms with E-state index in [-0.39, 0.29) is 18.4 Å². The molecular weight excluding hydrogens is 466 g/mol. The number of carbonyl (C=O) groups excluding carboxylic acids is 1. The third kappa shape index (κ3) is 9.80. The van der Waals surface area contributed by atoms with Gasteiger partial charge in [-0.25, -0.2) is 0 Å². The maximum absolute atomic E-state index is 13.5. The third-order valence-electron chi connectivity index (χ3n) is 6.21. The Kier molecular flexibility index (Phi) is 12.7. The maximum Gasteiger partial charge on any atom is 0.288 e. The summed E-state index contributed by atoms with van der Waals surface area (Å²) in [5.41, 5.74) is 1.83. The molecule has 3 rings (SSSR count). The predicted molar refractivity (Wildman–Crippen MR) is 133 cm³/mol. The number of ether oxygens (including phenoxy) is 6. The Labute approximate surface area is 214 Å². The quantitative estimate of drug-likeness (QED) is 0.628. The lowest BCUT2D eigenvalue weighted by atomic mass is 9.90. The molecule has 1 amide bonds. The fourth-order valence-electron chi connectivity index (χ4n) is 3.91. The first-order valence-electron chi connectivity index (χ1n) is 12.9. The molecule has 202 valence electrons. The van der Waals surface area contributed by atoms with E-state index in [1.54, 1.807) is 4.90 Å². The van der Waals surface area contributed by atoms with Crippen molar-refractivity contribution >= 4 is 5.91 Å². The molecule has 9 nitrogen and oxygen atoms in total. The number of amides is 1. The SMILES string of the molecule is CC(C)[C@H]1C=C(C(=O)N2CCOCCOCCOCCOCC2)O[C@@H](OCc2ccc(CO)cc2)C1. The van der Waals surface area contributed by atoms with Gasteiger partial charge < -0.3 is 38.4 Å². The van der Waals surface area contributed by atoms with Crippen LogP contribution in [0.4, 0.5) is 0 Å². The van der Waals surface area contributed by atoms with Crippen LogP contribution in [0.15, 0.2) is 36.1 Å². The number of rotatable bonds is 6. The third-order valence-corrected chi connectivity index (χ3v) is 6.21. The van der Waals surface area contributed by atoms with Crippen molar-refractivity contribution in [2.24, 2.45) is 11.8 Å². The lowest BCUT2D eigenvalue weighted by Gasteiger charge is -2.33. The topological polar surface area (TPSA) is 95.9 Å². The van der Waals surface area contributed by atoms with E-state index < -0.39 is 6.29 Å².